The fraction of sp³-hybridized carbons (Fsp3) is 0.500. The van der Waals surface area contributed by atoms with Crippen molar-refractivity contribution in [3.8, 4) is 5.75 Å². The normalized spacial score (nSPS) is 39.1. The van der Waals surface area contributed by atoms with Crippen molar-refractivity contribution < 1.29 is 9.53 Å². The van der Waals surface area contributed by atoms with Crippen LogP contribution in [0.15, 0.2) is 24.3 Å². The fourth-order valence-corrected chi connectivity index (χ4v) is 4.19. The number of carbonyl (C=O) groups excluding carboxylic acids is 1. The molecule has 2 aliphatic carbocycles. The number of carbonyl (C=O) groups is 1. The zero-order valence-corrected chi connectivity index (χ0v) is 9.11. The van der Waals surface area contributed by atoms with Gasteiger partial charge in [-0.05, 0) is 31.2 Å². The lowest BCUT2D eigenvalue weighted by molar-refractivity contribution is -0.153. The molecule has 3 aliphatic rings. The second-order valence-electron chi connectivity index (χ2n) is 5.34. The first kappa shape index (κ1) is 8.80. The van der Waals surface area contributed by atoms with E-state index in [4.69, 9.17) is 4.74 Å². The van der Waals surface area contributed by atoms with Crippen LogP contribution in [0.25, 0.3) is 0 Å². The topological polar surface area (TPSA) is 26.3 Å². The van der Waals surface area contributed by atoms with Gasteiger partial charge in [0.1, 0.15) is 5.75 Å². The maximum absolute atomic E-state index is 11.9. The van der Waals surface area contributed by atoms with Crippen LogP contribution in [-0.2, 0) is 10.2 Å². The second-order valence-corrected chi connectivity index (χ2v) is 5.34. The van der Waals surface area contributed by atoms with Crippen LogP contribution in [0.4, 0.5) is 0 Å². The highest BCUT2D eigenvalue weighted by Crippen LogP contribution is 2.65. The van der Waals surface area contributed by atoms with Crippen LogP contribution < -0.4 is 4.74 Å². The maximum atomic E-state index is 11.9. The lowest BCUT2D eigenvalue weighted by Crippen LogP contribution is -2.56. The summed E-state index contributed by atoms with van der Waals surface area (Å²) >= 11 is 0. The van der Waals surface area contributed by atoms with Crippen LogP contribution in [0.1, 0.15) is 31.2 Å². The molecule has 1 aliphatic heterocycles. The number of rotatable bonds is 0. The van der Waals surface area contributed by atoms with Crippen molar-refractivity contribution in [3.63, 3.8) is 0 Å². The Bertz CT molecular complexity index is 479. The van der Waals surface area contributed by atoms with Gasteiger partial charge >= 0.3 is 5.97 Å². The highest BCUT2D eigenvalue weighted by atomic mass is 16.5. The number of esters is 1. The number of hydrogen-bond acceptors (Lipinski definition) is 2. The Kier molecular flexibility index (Phi) is 1.47. The van der Waals surface area contributed by atoms with Crippen LogP contribution in [-0.4, -0.2) is 5.97 Å². The molecule has 0 amide bonds. The van der Waals surface area contributed by atoms with E-state index in [-0.39, 0.29) is 17.3 Å². The first-order valence-corrected chi connectivity index (χ1v) is 6.13. The lowest BCUT2D eigenvalue weighted by Gasteiger charge is -2.54. The standard InChI is InChI=1S/C14H14O2/c15-13-11-8-9-4-3-7-14(9,11)10-5-1-2-6-12(10)16-13/h1-2,5-6,9,11H,3-4,7-8H2/t9-,11+,14-/m1/s1. The first-order chi connectivity index (χ1) is 7.82. The first-order valence-electron chi connectivity index (χ1n) is 6.13. The Morgan fingerprint density at radius 2 is 2.19 bits per heavy atom. The molecular formula is C14H14O2. The molecular weight excluding hydrogens is 200 g/mol. The molecule has 0 N–H and O–H groups in total. The summed E-state index contributed by atoms with van der Waals surface area (Å²) in [4.78, 5) is 11.9. The molecule has 1 aromatic carbocycles. The van der Waals surface area contributed by atoms with Crippen LogP contribution in [0.2, 0.25) is 0 Å². The molecule has 0 radical (unpaired) electrons. The summed E-state index contributed by atoms with van der Waals surface area (Å²) < 4.78 is 5.43. The van der Waals surface area contributed by atoms with Gasteiger partial charge in [0.25, 0.3) is 0 Å². The summed E-state index contributed by atoms with van der Waals surface area (Å²) in [5, 5.41) is 0. The molecule has 0 bridgehead atoms. The molecule has 82 valence electrons. The zero-order chi connectivity index (χ0) is 10.8. The van der Waals surface area contributed by atoms with E-state index in [1.54, 1.807) is 0 Å². The van der Waals surface area contributed by atoms with Crippen molar-refractivity contribution >= 4 is 5.97 Å². The summed E-state index contributed by atoms with van der Waals surface area (Å²) in [6.45, 7) is 0. The summed E-state index contributed by atoms with van der Waals surface area (Å²) in [6.07, 6.45) is 4.78. The van der Waals surface area contributed by atoms with Crippen molar-refractivity contribution in [2.24, 2.45) is 11.8 Å². The van der Waals surface area contributed by atoms with E-state index in [0.29, 0.717) is 0 Å². The summed E-state index contributed by atoms with van der Waals surface area (Å²) in [6, 6.07) is 8.11. The maximum Gasteiger partial charge on any atom is 0.315 e. The monoisotopic (exact) mass is 214 g/mol. The Balaban J connectivity index is 1.95. The highest BCUT2D eigenvalue weighted by Gasteiger charge is 2.64. The number of benzene rings is 1. The average Bonchev–Trinajstić information content (AvgIpc) is 2.57. The van der Waals surface area contributed by atoms with Gasteiger partial charge in [-0.3, -0.25) is 4.79 Å². The van der Waals surface area contributed by atoms with Gasteiger partial charge in [-0.25, -0.2) is 0 Å². The molecule has 2 saturated carbocycles. The van der Waals surface area contributed by atoms with Crippen molar-refractivity contribution in [1.29, 1.82) is 0 Å². The van der Waals surface area contributed by atoms with Crippen molar-refractivity contribution in [3.05, 3.63) is 29.8 Å². The Labute approximate surface area is 94.6 Å². The third-order valence-corrected chi connectivity index (χ3v) is 4.90. The minimum atomic E-state index is 0.0110. The smallest absolute Gasteiger partial charge is 0.315 e. The molecule has 1 aromatic rings. The number of fused-ring (bicyclic) bond motifs is 1. The number of hydrogen-bond donors (Lipinski definition) is 0. The van der Waals surface area contributed by atoms with Crippen molar-refractivity contribution in [2.75, 3.05) is 0 Å². The minimum absolute atomic E-state index is 0.0110. The molecule has 3 atom stereocenters. The molecule has 2 heteroatoms. The Morgan fingerprint density at radius 1 is 1.31 bits per heavy atom. The van der Waals surface area contributed by atoms with Gasteiger partial charge in [0.05, 0.1) is 5.92 Å². The number of ether oxygens (including phenoxy) is 1. The Morgan fingerprint density at radius 3 is 3.06 bits per heavy atom. The van der Waals surface area contributed by atoms with E-state index in [2.05, 4.69) is 12.1 Å². The Hall–Kier alpha value is -1.31. The van der Waals surface area contributed by atoms with Gasteiger partial charge in [-0.15, -0.1) is 0 Å². The van der Waals surface area contributed by atoms with E-state index in [9.17, 15) is 4.79 Å². The summed E-state index contributed by atoms with van der Waals surface area (Å²) in [5.74, 6) is 1.70. The van der Waals surface area contributed by atoms with Crippen LogP contribution >= 0.6 is 0 Å². The number of para-hydroxylation sites is 1. The predicted molar refractivity (Wildman–Crippen MR) is 59.2 cm³/mol. The predicted octanol–water partition coefficient (Wildman–Crippen LogP) is 2.66. The summed E-state index contributed by atoms with van der Waals surface area (Å²) in [7, 11) is 0. The highest BCUT2D eigenvalue weighted by molar-refractivity contribution is 5.82. The average molecular weight is 214 g/mol. The molecule has 0 aromatic heterocycles. The molecule has 1 heterocycles. The van der Waals surface area contributed by atoms with Crippen LogP contribution in [0.5, 0.6) is 5.75 Å². The molecule has 4 rings (SSSR count). The van der Waals surface area contributed by atoms with Crippen LogP contribution in [0.3, 0.4) is 0 Å². The molecule has 1 spiro atoms. The van der Waals surface area contributed by atoms with Gasteiger partial charge in [0, 0.05) is 11.0 Å². The molecule has 0 unspecified atom stereocenters. The fourth-order valence-electron chi connectivity index (χ4n) is 4.19. The van der Waals surface area contributed by atoms with E-state index in [1.807, 2.05) is 12.1 Å². The van der Waals surface area contributed by atoms with Crippen molar-refractivity contribution in [2.45, 2.75) is 31.1 Å². The second kappa shape index (κ2) is 2.68. The largest absolute Gasteiger partial charge is 0.426 e. The molecule has 2 nitrogen and oxygen atoms in total. The summed E-state index contributed by atoms with van der Waals surface area (Å²) in [5.41, 5.74) is 1.46. The van der Waals surface area contributed by atoms with Crippen LogP contribution in [0, 0.1) is 11.8 Å². The SMILES string of the molecule is O=C1Oc2ccccc2[C@@]23CCC[C@@H]2C[C@@H]13. The molecule has 2 fully saturated rings. The zero-order valence-electron chi connectivity index (χ0n) is 9.11. The quantitative estimate of drug-likeness (QED) is 0.490. The van der Waals surface area contributed by atoms with Gasteiger partial charge < -0.3 is 4.74 Å². The van der Waals surface area contributed by atoms with E-state index >= 15 is 0 Å². The molecule has 0 saturated heterocycles. The van der Waals surface area contributed by atoms with Gasteiger partial charge in [0.15, 0.2) is 0 Å². The van der Waals surface area contributed by atoms with E-state index in [0.717, 1.165) is 18.1 Å². The van der Waals surface area contributed by atoms with E-state index in [1.165, 1.54) is 24.8 Å². The van der Waals surface area contributed by atoms with E-state index < -0.39 is 0 Å². The minimum Gasteiger partial charge on any atom is -0.426 e. The molecule has 16 heavy (non-hydrogen) atoms. The third kappa shape index (κ3) is 0.796. The van der Waals surface area contributed by atoms with Crippen molar-refractivity contribution in [1.82, 2.24) is 0 Å². The van der Waals surface area contributed by atoms with Gasteiger partial charge in [-0.1, -0.05) is 24.6 Å². The third-order valence-electron chi connectivity index (χ3n) is 4.90. The van der Waals surface area contributed by atoms with Gasteiger partial charge in [-0.2, -0.15) is 0 Å². The lowest BCUT2D eigenvalue weighted by atomic mass is 9.50. The van der Waals surface area contributed by atoms with Gasteiger partial charge in [0.2, 0.25) is 0 Å².